The lowest BCUT2D eigenvalue weighted by atomic mass is 10.3. The summed E-state index contributed by atoms with van der Waals surface area (Å²) in [5.74, 6) is 0. The van der Waals surface area contributed by atoms with Crippen molar-refractivity contribution in [1.82, 2.24) is 19.2 Å². The molecule has 0 N–H and O–H groups in total. The summed E-state index contributed by atoms with van der Waals surface area (Å²) in [6.07, 6.45) is 3.93. The highest BCUT2D eigenvalue weighted by atomic mass is 35.5. The summed E-state index contributed by atoms with van der Waals surface area (Å²) < 4.78 is 38.0. The number of hydrogen-bond donors (Lipinski definition) is 0. The van der Waals surface area contributed by atoms with E-state index in [0.29, 0.717) is 26.3 Å². The van der Waals surface area contributed by atoms with Crippen LogP contribution in [-0.2, 0) is 19.5 Å². The quantitative estimate of drug-likeness (QED) is 0.627. The van der Waals surface area contributed by atoms with E-state index in [1.165, 1.54) is 28.2 Å². The Morgan fingerprint density at radius 1 is 1.58 bits per heavy atom. The maximum absolute atomic E-state index is 12.5. The van der Waals surface area contributed by atoms with Crippen LogP contribution in [0.5, 0.6) is 0 Å². The third kappa shape index (κ3) is 4.50. The van der Waals surface area contributed by atoms with E-state index in [4.69, 9.17) is 21.1 Å². The molecule has 11 heteroatoms. The van der Waals surface area contributed by atoms with Crippen molar-refractivity contribution in [3.63, 3.8) is 0 Å². The lowest BCUT2D eigenvalue weighted by Gasteiger charge is -2.40. The second-order valence-electron chi connectivity index (χ2n) is 5.94. The van der Waals surface area contributed by atoms with Crippen LogP contribution in [0, 0.1) is 0 Å². The highest BCUT2D eigenvalue weighted by Crippen LogP contribution is 2.36. The standard InChI is InChI=1S/C15H21ClN4O4S2/c1-23-5-4-20(26(2,21)22)15(19-3-6-24-14(16)9-19)12-7-11-13(25-12)8-17-10-18-11/h7-8,10,14-15H,3-6,9H2,1-2H3. The van der Waals surface area contributed by atoms with Crippen LogP contribution in [0.15, 0.2) is 18.6 Å². The first kappa shape index (κ1) is 19.9. The number of thiophene rings is 1. The van der Waals surface area contributed by atoms with Gasteiger partial charge < -0.3 is 9.47 Å². The number of fused-ring (bicyclic) bond motifs is 1. The van der Waals surface area contributed by atoms with Crippen molar-refractivity contribution < 1.29 is 17.9 Å². The molecule has 1 aliphatic rings. The maximum Gasteiger partial charge on any atom is 0.212 e. The van der Waals surface area contributed by atoms with Crippen molar-refractivity contribution >= 4 is 43.2 Å². The molecule has 2 unspecified atom stereocenters. The van der Waals surface area contributed by atoms with Crippen molar-refractivity contribution in [2.45, 2.75) is 11.7 Å². The van der Waals surface area contributed by atoms with E-state index in [0.717, 1.165) is 15.1 Å². The van der Waals surface area contributed by atoms with Crippen molar-refractivity contribution in [3.8, 4) is 0 Å². The van der Waals surface area contributed by atoms with Gasteiger partial charge in [-0.05, 0) is 6.07 Å². The predicted molar refractivity (Wildman–Crippen MR) is 101 cm³/mol. The molecule has 0 spiro atoms. The lowest BCUT2D eigenvalue weighted by Crippen LogP contribution is -2.50. The molecule has 144 valence electrons. The van der Waals surface area contributed by atoms with Gasteiger partial charge in [0.05, 0.1) is 29.7 Å². The highest BCUT2D eigenvalue weighted by Gasteiger charge is 2.36. The molecule has 1 fully saturated rings. The molecule has 0 bridgehead atoms. The van der Waals surface area contributed by atoms with Crippen molar-refractivity contribution in [2.75, 3.05) is 46.2 Å². The average Bonchev–Trinajstić information content (AvgIpc) is 3.01. The first-order valence-electron chi connectivity index (χ1n) is 8.05. The van der Waals surface area contributed by atoms with E-state index in [2.05, 4.69) is 9.97 Å². The summed E-state index contributed by atoms with van der Waals surface area (Å²) in [7, 11) is -1.94. The number of ether oxygens (including phenoxy) is 2. The third-order valence-corrected chi connectivity index (χ3v) is 6.68. The van der Waals surface area contributed by atoms with Gasteiger partial charge in [0, 0.05) is 37.8 Å². The van der Waals surface area contributed by atoms with Gasteiger partial charge in [-0.2, -0.15) is 4.31 Å². The van der Waals surface area contributed by atoms with Gasteiger partial charge in [-0.15, -0.1) is 11.3 Å². The van der Waals surface area contributed by atoms with Crippen LogP contribution in [0.2, 0.25) is 0 Å². The largest absolute Gasteiger partial charge is 0.383 e. The third-order valence-electron chi connectivity index (χ3n) is 4.08. The number of halogens is 1. The number of alkyl halides is 1. The Balaban J connectivity index is 2.04. The van der Waals surface area contributed by atoms with Gasteiger partial charge >= 0.3 is 0 Å². The Kier molecular flexibility index (Phi) is 6.44. The normalized spacial score (nSPS) is 20.7. The van der Waals surface area contributed by atoms with Crippen LogP contribution in [-0.4, -0.2) is 79.4 Å². The molecule has 2 atom stereocenters. The van der Waals surface area contributed by atoms with Crippen molar-refractivity contribution in [3.05, 3.63) is 23.5 Å². The number of rotatable bonds is 7. The summed E-state index contributed by atoms with van der Waals surface area (Å²) >= 11 is 7.65. The van der Waals surface area contributed by atoms with Crippen LogP contribution >= 0.6 is 22.9 Å². The predicted octanol–water partition coefficient (Wildman–Crippen LogP) is 1.50. The summed E-state index contributed by atoms with van der Waals surface area (Å²) in [5, 5.41) is 0. The number of hydrogen-bond acceptors (Lipinski definition) is 8. The van der Waals surface area contributed by atoms with E-state index in [1.54, 1.807) is 13.3 Å². The number of aromatic nitrogens is 2. The number of morpholine rings is 1. The molecule has 1 aliphatic heterocycles. The van der Waals surface area contributed by atoms with Crippen LogP contribution in [0.4, 0.5) is 0 Å². The fourth-order valence-corrected chi connectivity index (χ4v) is 5.42. The molecule has 8 nitrogen and oxygen atoms in total. The van der Waals surface area contributed by atoms with Crippen LogP contribution in [0.3, 0.4) is 0 Å². The van der Waals surface area contributed by atoms with Gasteiger partial charge in [0.1, 0.15) is 18.1 Å². The molecular weight excluding hydrogens is 400 g/mol. The van der Waals surface area contributed by atoms with Gasteiger partial charge in [0.2, 0.25) is 10.0 Å². The molecule has 0 radical (unpaired) electrons. The Morgan fingerprint density at radius 2 is 2.38 bits per heavy atom. The zero-order valence-corrected chi connectivity index (χ0v) is 16.9. The number of sulfonamides is 1. The highest BCUT2D eigenvalue weighted by molar-refractivity contribution is 7.88. The molecule has 2 aromatic heterocycles. The van der Waals surface area contributed by atoms with E-state index >= 15 is 0 Å². The Morgan fingerprint density at radius 3 is 3.04 bits per heavy atom. The van der Waals surface area contributed by atoms with E-state index < -0.39 is 21.8 Å². The number of methoxy groups -OCH3 is 1. The van der Waals surface area contributed by atoms with Gasteiger partial charge in [0.15, 0.2) is 0 Å². The van der Waals surface area contributed by atoms with Crippen LogP contribution in [0.25, 0.3) is 10.2 Å². The molecule has 0 aliphatic carbocycles. The maximum atomic E-state index is 12.5. The number of nitrogens with zero attached hydrogens (tertiary/aromatic N) is 4. The second kappa shape index (κ2) is 8.42. The van der Waals surface area contributed by atoms with Gasteiger partial charge in [-0.25, -0.2) is 18.4 Å². The SMILES string of the molecule is COCCN(C(c1cc2ncncc2s1)N1CCOC(Cl)C1)S(C)(=O)=O. The van der Waals surface area contributed by atoms with E-state index in [1.807, 2.05) is 11.0 Å². The molecule has 26 heavy (non-hydrogen) atoms. The van der Waals surface area contributed by atoms with Gasteiger partial charge in [-0.1, -0.05) is 11.6 Å². The van der Waals surface area contributed by atoms with Crippen LogP contribution in [0.1, 0.15) is 11.0 Å². The van der Waals surface area contributed by atoms with Crippen LogP contribution < -0.4 is 0 Å². The Bertz CT molecular complexity index is 814. The molecular formula is C15H21ClN4O4S2. The van der Waals surface area contributed by atoms with E-state index in [-0.39, 0.29) is 6.54 Å². The Labute approximate surface area is 161 Å². The molecule has 0 amide bonds. The smallest absolute Gasteiger partial charge is 0.212 e. The monoisotopic (exact) mass is 420 g/mol. The molecule has 2 aromatic rings. The average molecular weight is 421 g/mol. The summed E-state index contributed by atoms with van der Waals surface area (Å²) in [4.78, 5) is 11.2. The van der Waals surface area contributed by atoms with Crippen molar-refractivity contribution in [1.29, 1.82) is 0 Å². The lowest BCUT2D eigenvalue weighted by molar-refractivity contribution is -0.0311. The summed E-state index contributed by atoms with van der Waals surface area (Å²) in [6.45, 7) is 1.97. The first-order valence-corrected chi connectivity index (χ1v) is 11.1. The molecule has 3 heterocycles. The van der Waals surface area contributed by atoms with Gasteiger partial charge in [-0.3, -0.25) is 4.90 Å². The zero-order valence-electron chi connectivity index (χ0n) is 14.5. The fourth-order valence-electron chi connectivity index (χ4n) is 2.93. The zero-order chi connectivity index (χ0) is 18.7. The minimum absolute atomic E-state index is 0.240. The van der Waals surface area contributed by atoms with Crippen molar-refractivity contribution in [2.24, 2.45) is 0 Å². The minimum atomic E-state index is -3.49. The fraction of sp³-hybridized carbons (Fsp3) is 0.600. The summed E-state index contributed by atoms with van der Waals surface area (Å²) in [5.41, 5.74) is 0.310. The molecule has 1 saturated heterocycles. The second-order valence-corrected chi connectivity index (χ2v) is 9.47. The molecule has 0 saturated carbocycles. The van der Waals surface area contributed by atoms with E-state index in [9.17, 15) is 8.42 Å². The summed E-state index contributed by atoms with van der Waals surface area (Å²) in [6, 6.07) is 1.91. The Hall–Kier alpha value is -0.880. The molecule has 3 rings (SSSR count). The topological polar surface area (TPSA) is 84.9 Å². The molecule has 0 aromatic carbocycles. The first-order chi connectivity index (χ1) is 12.4. The van der Waals surface area contributed by atoms with Gasteiger partial charge in [0.25, 0.3) is 0 Å². The minimum Gasteiger partial charge on any atom is -0.383 e.